The van der Waals surface area contributed by atoms with Gasteiger partial charge < -0.3 is 5.73 Å². The van der Waals surface area contributed by atoms with Crippen LogP contribution in [0.25, 0.3) is 0 Å². The molecule has 126 valence electrons. The number of nitrogens with one attached hydrogen (secondary N) is 1. The van der Waals surface area contributed by atoms with E-state index in [1.807, 2.05) is 54.6 Å². The molecule has 3 rings (SSSR count). The second-order valence-electron chi connectivity index (χ2n) is 5.71. The van der Waals surface area contributed by atoms with Gasteiger partial charge in [0.15, 0.2) is 5.96 Å². The zero-order valence-electron chi connectivity index (χ0n) is 13.7. The second-order valence-corrected chi connectivity index (χ2v) is 6.12. The third-order valence-corrected chi connectivity index (χ3v) is 4.31. The lowest BCUT2D eigenvalue weighted by Crippen LogP contribution is -2.37. The Labute approximate surface area is 152 Å². The number of anilines is 1. The van der Waals surface area contributed by atoms with Crippen LogP contribution in [0.2, 0.25) is 5.02 Å². The molecule has 25 heavy (non-hydrogen) atoms. The van der Waals surface area contributed by atoms with Crippen LogP contribution in [0.1, 0.15) is 16.7 Å². The molecule has 3 aromatic rings. The molecule has 0 aliphatic rings. The van der Waals surface area contributed by atoms with Gasteiger partial charge in [0.2, 0.25) is 0 Å². The maximum Gasteiger partial charge on any atom is 0.194 e. The summed E-state index contributed by atoms with van der Waals surface area (Å²) in [6.45, 7) is 0.397. The van der Waals surface area contributed by atoms with Crippen LogP contribution in [0.3, 0.4) is 0 Å². The van der Waals surface area contributed by atoms with Gasteiger partial charge in [-0.05, 0) is 28.8 Å². The van der Waals surface area contributed by atoms with E-state index in [2.05, 4.69) is 17.1 Å². The largest absolute Gasteiger partial charge is 0.370 e. The zero-order valence-corrected chi connectivity index (χ0v) is 14.4. The Morgan fingerprint density at radius 2 is 1.64 bits per heavy atom. The van der Waals surface area contributed by atoms with Crippen molar-refractivity contribution in [3.8, 4) is 0 Å². The van der Waals surface area contributed by atoms with Crippen LogP contribution in [-0.4, -0.2) is 10.9 Å². The van der Waals surface area contributed by atoms with E-state index >= 15 is 0 Å². The van der Waals surface area contributed by atoms with Gasteiger partial charge in [-0.3, -0.25) is 10.3 Å². The van der Waals surface area contributed by atoms with E-state index in [-0.39, 0.29) is 5.96 Å². The molecule has 0 aliphatic heterocycles. The molecule has 0 unspecified atom stereocenters. The van der Waals surface area contributed by atoms with Gasteiger partial charge in [0.25, 0.3) is 0 Å². The first kappa shape index (κ1) is 17.0. The number of nitrogens with zero attached hydrogens (tertiary/aromatic N) is 2. The van der Waals surface area contributed by atoms with Crippen molar-refractivity contribution >= 4 is 23.4 Å². The predicted molar refractivity (Wildman–Crippen MR) is 103 cm³/mol. The molecule has 0 radical (unpaired) electrons. The van der Waals surface area contributed by atoms with Crippen molar-refractivity contribution in [2.45, 2.75) is 13.0 Å². The summed E-state index contributed by atoms with van der Waals surface area (Å²) in [5.74, 6) is 0.617. The molecule has 5 heteroatoms. The number of halogens is 1. The highest BCUT2D eigenvalue weighted by Gasteiger charge is 2.17. The fraction of sp³-hybridized carbons (Fsp3) is 0.100. The smallest absolute Gasteiger partial charge is 0.194 e. The van der Waals surface area contributed by atoms with Crippen molar-refractivity contribution in [2.24, 2.45) is 5.73 Å². The van der Waals surface area contributed by atoms with Crippen LogP contribution in [0.15, 0.2) is 72.9 Å². The second kappa shape index (κ2) is 7.81. The maximum absolute atomic E-state index is 8.01. The van der Waals surface area contributed by atoms with Crippen molar-refractivity contribution in [3.05, 3.63) is 94.6 Å². The summed E-state index contributed by atoms with van der Waals surface area (Å²) in [6, 6.07) is 21.6. The molecule has 0 atom stereocenters. The molecule has 0 saturated carbocycles. The number of benzene rings is 2. The topological polar surface area (TPSA) is 66.0 Å². The van der Waals surface area contributed by atoms with E-state index in [9.17, 15) is 0 Å². The number of pyridine rings is 1. The van der Waals surface area contributed by atoms with E-state index in [4.69, 9.17) is 22.7 Å². The van der Waals surface area contributed by atoms with Gasteiger partial charge in [-0.2, -0.15) is 0 Å². The number of hydrogen-bond acceptors (Lipinski definition) is 2. The summed E-state index contributed by atoms with van der Waals surface area (Å²) in [5.41, 5.74) is 8.94. The summed E-state index contributed by atoms with van der Waals surface area (Å²) in [6.07, 6.45) is 2.43. The molecule has 0 bridgehead atoms. The third-order valence-electron chi connectivity index (χ3n) is 3.94. The van der Waals surface area contributed by atoms with Gasteiger partial charge in [0, 0.05) is 17.6 Å². The first-order valence-electron chi connectivity index (χ1n) is 7.98. The Hall–Kier alpha value is -2.85. The fourth-order valence-corrected chi connectivity index (χ4v) is 2.89. The van der Waals surface area contributed by atoms with Gasteiger partial charge in [-0.1, -0.05) is 66.2 Å². The molecule has 2 aromatic carbocycles. The van der Waals surface area contributed by atoms with E-state index in [1.165, 1.54) is 5.56 Å². The monoisotopic (exact) mass is 350 g/mol. The minimum absolute atomic E-state index is 0.0621. The Morgan fingerprint density at radius 1 is 0.960 bits per heavy atom. The third kappa shape index (κ3) is 4.17. The lowest BCUT2D eigenvalue weighted by Gasteiger charge is -2.24. The van der Waals surface area contributed by atoms with E-state index in [1.54, 1.807) is 11.1 Å². The summed E-state index contributed by atoms with van der Waals surface area (Å²) >= 11 is 6.27. The Kier molecular flexibility index (Phi) is 5.31. The summed E-state index contributed by atoms with van der Waals surface area (Å²) in [4.78, 5) is 6.16. The van der Waals surface area contributed by atoms with Crippen molar-refractivity contribution < 1.29 is 0 Å². The highest BCUT2D eigenvalue weighted by atomic mass is 35.5. The van der Waals surface area contributed by atoms with Crippen molar-refractivity contribution in [1.82, 2.24) is 4.98 Å². The standard InChI is InChI=1S/C20H19ClN4/c21-18-11-5-4-9-17(18)14-25(20(22)23)19-16(10-6-12-24-19)13-15-7-2-1-3-8-15/h1-12H,13-14H2,(H3,22,23). The maximum atomic E-state index is 8.01. The molecule has 0 fully saturated rings. The molecule has 0 saturated heterocycles. The highest BCUT2D eigenvalue weighted by Crippen LogP contribution is 2.24. The van der Waals surface area contributed by atoms with Crippen molar-refractivity contribution in [2.75, 3.05) is 4.90 Å². The highest BCUT2D eigenvalue weighted by molar-refractivity contribution is 6.31. The molecule has 0 spiro atoms. The minimum Gasteiger partial charge on any atom is -0.370 e. The lowest BCUT2D eigenvalue weighted by molar-refractivity contribution is 0.940. The van der Waals surface area contributed by atoms with E-state index in [0.29, 0.717) is 17.4 Å². The zero-order chi connectivity index (χ0) is 17.6. The number of hydrogen-bond donors (Lipinski definition) is 2. The molecule has 0 aliphatic carbocycles. The van der Waals surface area contributed by atoms with Crippen LogP contribution in [-0.2, 0) is 13.0 Å². The van der Waals surface area contributed by atoms with Crippen molar-refractivity contribution in [1.29, 1.82) is 5.41 Å². The Bertz CT molecular complexity index is 864. The first-order chi connectivity index (χ1) is 12.1. The predicted octanol–water partition coefficient (Wildman–Crippen LogP) is 4.23. The average Bonchev–Trinajstić information content (AvgIpc) is 2.62. The average molecular weight is 351 g/mol. The molecule has 0 amide bonds. The molecule has 4 nitrogen and oxygen atoms in total. The van der Waals surface area contributed by atoms with Crippen LogP contribution in [0.4, 0.5) is 5.82 Å². The summed E-state index contributed by atoms with van der Waals surface area (Å²) < 4.78 is 0. The van der Waals surface area contributed by atoms with Crippen LogP contribution in [0.5, 0.6) is 0 Å². The summed E-state index contributed by atoms with van der Waals surface area (Å²) in [7, 11) is 0. The van der Waals surface area contributed by atoms with Crippen molar-refractivity contribution in [3.63, 3.8) is 0 Å². The van der Waals surface area contributed by atoms with Gasteiger partial charge >= 0.3 is 0 Å². The SMILES string of the molecule is N=C(N)N(Cc1ccccc1Cl)c1ncccc1Cc1ccccc1. The summed E-state index contributed by atoms with van der Waals surface area (Å²) in [5, 5.41) is 8.65. The number of guanidine groups is 1. The molecule has 1 heterocycles. The van der Waals surface area contributed by atoms with Gasteiger partial charge in [-0.15, -0.1) is 0 Å². The number of aromatic nitrogens is 1. The molecular formula is C20H19ClN4. The Morgan fingerprint density at radius 3 is 2.36 bits per heavy atom. The quantitative estimate of drug-likeness (QED) is 0.534. The Balaban J connectivity index is 1.94. The molecule has 1 aromatic heterocycles. The lowest BCUT2D eigenvalue weighted by atomic mass is 10.1. The van der Waals surface area contributed by atoms with E-state index in [0.717, 1.165) is 17.5 Å². The van der Waals surface area contributed by atoms with Crippen LogP contribution < -0.4 is 10.6 Å². The first-order valence-corrected chi connectivity index (χ1v) is 8.35. The minimum atomic E-state index is -0.0621. The van der Waals surface area contributed by atoms with E-state index < -0.39 is 0 Å². The van der Waals surface area contributed by atoms with Crippen LogP contribution in [0, 0.1) is 5.41 Å². The van der Waals surface area contributed by atoms with Gasteiger partial charge in [-0.25, -0.2) is 4.98 Å². The normalized spacial score (nSPS) is 10.4. The van der Waals surface area contributed by atoms with Gasteiger partial charge in [0.05, 0.1) is 6.54 Å². The van der Waals surface area contributed by atoms with Crippen LogP contribution >= 0.6 is 11.6 Å². The fourth-order valence-electron chi connectivity index (χ4n) is 2.70. The number of rotatable bonds is 5. The van der Waals surface area contributed by atoms with Gasteiger partial charge in [0.1, 0.15) is 5.82 Å². The molecular weight excluding hydrogens is 332 g/mol. The number of nitrogens with two attached hydrogens (primary N) is 1. The molecule has 3 N–H and O–H groups in total.